The van der Waals surface area contributed by atoms with Gasteiger partial charge >= 0.3 is 0 Å². The fraction of sp³-hybridized carbons (Fsp3) is 0.258. The van der Waals surface area contributed by atoms with E-state index >= 15 is 0 Å². The molecule has 9 N–H and O–H groups in total. The van der Waals surface area contributed by atoms with E-state index in [1.165, 1.54) is 19.1 Å². The molecule has 0 bridgehead atoms. The number of nitrogens with one attached hydrogen (secondary N) is 4. The smallest absolute Gasteiger partial charge is 0.244 e. The molecule has 3 aromatic carbocycles. The zero-order valence-corrected chi connectivity index (χ0v) is 25.5. The van der Waals surface area contributed by atoms with E-state index in [9.17, 15) is 29.1 Å². The summed E-state index contributed by atoms with van der Waals surface area (Å²) < 4.78 is 8.27. The SMILES string of the molecule is [2H]N[C@@H](Cc1ccc(O)cc1)C(=O)N[C@@H](C)C(=O)NCC(=O)N[C@@H](Cc1cccc(Br)c1)C(=O)N[C@H](C(N)=O)c1ccccc1. The Balaban J connectivity index is 1.61. The Morgan fingerprint density at radius 1 is 0.841 bits per heavy atom. The first-order valence-electron chi connectivity index (χ1n) is 14.2. The van der Waals surface area contributed by atoms with Crippen LogP contribution in [0.4, 0.5) is 0 Å². The molecule has 0 aliphatic heterocycles. The van der Waals surface area contributed by atoms with Crippen molar-refractivity contribution in [2.45, 2.75) is 43.9 Å². The first kappa shape index (κ1) is 32.2. The van der Waals surface area contributed by atoms with Crippen LogP contribution in [-0.4, -0.2) is 59.3 Å². The van der Waals surface area contributed by atoms with Gasteiger partial charge in [0.1, 0.15) is 25.3 Å². The maximum Gasteiger partial charge on any atom is 0.244 e. The van der Waals surface area contributed by atoms with Gasteiger partial charge in [-0.1, -0.05) is 70.5 Å². The van der Waals surface area contributed by atoms with E-state index < -0.39 is 60.2 Å². The first-order valence-corrected chi connectivity index (χ1v) is 14.5. The predicted molar refractivity (Wildman–Crippen MR) is 167 cm³/mol. The van der Waals surface area contributed by atoms with Crippen molar-refractivity contribution in [3.05, 3.63) is 100 Å². The van der Waals surface area contributed by atoms with E-state index in [0.717, 1.165) is 4.47 Å². The number of carbonyl (C=O) groups excluding carboxylic acids is 5. The Morgan fingerprint density at radius 3 is 2.18 bits per heavy atom. The van der Waals surface area contributed by atoms with E-state index in [0.29, 0.717) is 16.7 Å². The molecule has 0 heterocycles. The van der Waals surface area contributed by atoms with Crippen LogP contribution in [0.3, 0.4) is 0 Å². The molecule has 0 unspecified atom stereocenters. The number of hydrogen-bond donors (Lipinski definition) is 7. The quantitative estimate of drug-likeness (QED) is 0.123. The van der Waals surface area contributed by atoms with Crippen LogP contribution >= 0.6 is 15.9 Å². The molecule has 0 aliphatic carbocycles. The molecule has 5 amide bonds. The number of halogens is 1. The number of phenols is 1. The van der Waals surface area contributed by atoms with Crippen LogP contribution in [0.25, 0.3) is 0 Å². The summed E-state index contributed by atoms with van der Waals surface area (Å²) in [4.78, 5) is 63.8. The van der Waals surface area contributed by atoms with Gasteiger partial charge in [-0.05, 0) is 54.3 Å². The van der Waals surface area contributed by atoms with Gasteiger partial charge in [0.25, 0.3) is 0 Å². The van der Waals surface area contributed by atoms with E-state index in [-0.39, 0.29) is 18.6 Å². The molecule has 0 radical (unpaired) electrons. The number of phenolic OH excluding ortho intramolecular Hbond substituents is 1. The van der Waals surface area contributed by atoms with Crippen LogP contribution < -0.4 is 32.7 Å². The molecule has 44 heavy (non-hydrogen) atoms. The van der Waals surface area contributed by atoms with E-state index in [1.807, 2.05) is 0 Å². The lowest BCUT2D eigenvalue weighted by molar-refractivity contribution is -0.132. The van der Waals surface area contributed by atoms with Crippen molar-refractivity contribution < 1.29 is 30.5 Å². The number of hydrogen-bond acceptors (Lipinski definition) is 7. The molecule has 13 heteroatoms. The molecule has 0 saturated carbocycles. The largest absolute Gasteiger partial charge is 0.508 e. The van der Waals surface area contributed by atoms with E-state index in [2.05, 4.69) is 42.9 Å². The monoisotopic (exact) mass is 667 g/mol. The van der Waals surface area contributed by atoms with Crippen LogP contribution in [0.1, 0.15) is 29.7 Å². The lowest BCUT2D eigenvalue weighted by Crippen LogP contribution is -2.54. The van der Waals surface area contributed by atoms with Gasteiger partial charge < -0.3 is 37.8 Å². The minimum atomic E-state index is -1.14. The highest BCUT2D eigenvalue weighted by Crippen LogP contribution is 2.16. The molecule has 232 valence electrons. The fourth-order valence-electron chi connectivity index (χ4n) is 4.22. The normalized spacial score (nSPS) is 13.7. The third kappa shape index (κ3) is 10.5. The summed E-state index contributed by atoms with van der Waals surface area (Å²) in [6.07, 6.45) is 0.203. The molecule has 0 spiro atoms. The van der Waals surface area contributed by atoms with Crippen LogP contribution in [-0.2, 0) is 36.8 Å². The van der Waals surface area contributed by atoms with Crippen molar-refractivity contribution in [1.29, 1.82) is 0 Å². The van der Waals surface area contributed by atoms with Gasteiger partial charge in [-0.15, -0.1) is 0 Å². The van der Waals surface area contributed by atoms with E-state index in [4.69, 9.17) is 7.15 Å². The van der Waals surface area contributed by atoms with Gasteiger partial charge in [-0.25, -0.2) is 0 Å². The number of amides is 5. The summed E-state index contributed by atoms with van der Waals surface area (Å²) in [5.74, 6) is -3.35. The van der Waals surface area contributed by atoms with Crippen LogP contribution in [0.5, 0.6) is 5.75 Å². The minimum absolute atomic E-state index is 0.0649. The Labute approximate surface area is 264 Å². The summed E-state index contributed by atoms with van der Waals surface area (Å²) in [5, 5.41) is 19.6. The van der Waals surface area contributed by atoms with Crippen LogP contribution in [0, 0.1) is 0 Å². The molecule has 0 aromatic heterocycles. The van der Waals surface area contributed by atoms with Gasteiger partial charge in [-0.3, -0.25) is 24.0 Å². The number of carbonyl (C=O) groups is 5. The average Bonchev–Trinajstić information content (AvgIpc) is 3.01. The molecular formula is C31H35BrN6O6. The summed E-state index contributed by atoms with van der Waals surface area (Å²) in [6.45, 7) is 0.913. The standard InChI is InChI=1S/C31H35BrN6O6/c1-18(36-30(43)24(33)15-19-10-12-23(39)13-11-19)29(42)35-17-26(40)37-25(16-20-6-5-9-22(32)14-20)31(44)38-27(28(34)41)21-7-3-2-4-8-21/h2-14,18,24-25,27,39H,15-17,33H2,1H3,(H2,34,41)(H,35,42)(H,36,43)(H,37,40)(H,38,44)/t18-,24-,25-,27-/m0/s1/i/hD. The Morgan fingerprint density at radius 2 is 1.55 bits per heavy atom. The van der Waals surface area contributed by atoms with Crippen molar-refractivity contribution in [3.8, 4) is 5.75 Å². The van der Waals surface area contributed by atoms with Crippen LogP contribution in [0.2, 0.25) is 1.41 Å². The lowest BCUT2D eigenvalue weighted by Gasteiger charge is -2.23. The second-order valence-electron chi connectivity index (χ2n) is 10.1. The number of benzene rings is 3. The van der Waals surface area contributed by atoms with Gasteiger partial charge in [-0.2, -0.15) is 0 Å². The lowest BCUT2D eigenvalue weighted by atomic mass is 10.0. The van der Waals surface area contributed by atoms with Gasteiger partial charge in [0.05, 0.1) is 12.6 Å². The zero-order chi connectivity index (χ0) is 32.9. The summed E-state index contributed by atoms with van der Waals surface area (Å²) in [5.41, 5.74) is 9.59. The minimum Gasteiger partial charge on any atom is -0.508 e. The van der Waals surface area contributed by atoms with Gasteiger partial charge in [0, 0.05) is 10.9 Å². The fourth-order valence-corrected chi connectivity index (χ4v) is 4.67. The second kappa shape index (κ2) is 16.2. The number of aromatic hydroxyl groups is 1. The maximum absolute atomic E-state index is 13.3. The molecular weight excluding hydrogens is 632 g/mol. The predicted octanol–water partition coefficient (Wildman–Crippen LogP) is 0.716. The molecule has 0 saturated heterocycles. The third-order valence-electron chi connectivity index (χ3n) is 6.55. The maximum atomic E-state index is 13.3. The van der Waals surface area contributed by atoms with Crippen LogP contribution in [0.15, 0.2) is 83.3 Å². The third-order valence-corrected chi connectivity index (χ3v) is 7.05. The Kier molecular flexibility index (Phi) is 11.8. The van der Waals surface area contributed by atoms with Gasteiger partial charge in [0.2, 0.25) is 29.5 Å². The molecule has 0 aliphatic rings. The number of nitrogens with two attached hydrogens (primary N) is 2. The number of rotatable bonds is 15. The molecule has 0 fully saturated rings. The van der Waals surface area contributed by atoms with E-state index in [1.54, 1.807) is 66.7 Å². The van der Waals surface area contributed by atoms with Crippen molar-refractivity contribution in [2.75, 3.05) is 6.54 Å². The van der Waals surface area contributed by atoms with Crippen molar-refractivity contribution in [3.63, 3.8) is 0 Å². The highest BCUT2D eigenvalue weighted by Gasteiger charge is 2.27. The summed E-state index contributed by atoms with van der Waals surface area (Å²) in [7, 11) is 0. The molecule has 4 atom stereocenters. The second-order valence-corrected chi connectivity index (χ2v) is 11.0. The Bertz CT molecular complexity index is 1490. The van der Waals surface area contributed by atoms with Crippen molar-refractivity contribution >= 4 is 45.5 Å². The zero-order valence-electron chi connectivity index (χ0n) is 24.9. The average molecular weight is 669 g/mol. The summed E-state index contributed by atoms with van der Waals surface area (Å²) in [6, 6.07) is 17.4. The Hall–Kier alpha value is -4.75. The van der Waals surface area contributed by atoms with Crippen molar-refractivity contribution in [1.82, 2.24) is 21.3 Å². The molecule has 3 aromatic rings. The highest BCUT2D eigenvalue weighted by molar-refractivity contribution is 9.10. The summed E-state index contributed by atoms with van der Waals surface area (Å²) >= 11 is 3.38. The molecule has 12 nitrogen and oxygen atoms in total. The van der Waals surface area contributed by atoms with Gasteiger partial charge in [0.15, 0.2) is 0 Å². The number of primary amides is 1. The van der Waals surface area contributed by atoms with Crippen molar-refractivity contribution in [2.24, 2.45) is 11.5 Å². The highest BCUT2D eigenvalue weighted by atomic mass is 79.9. The first-order chi connectivity index (χ1) is 21.5. The molecule has 3 rings (SSSR count). The topological polar surface area (TPSA) is 206 Å².